The highest BCUT2D eigenvalue weighted by Crippen LogP contribution is 2.43. The van der Waals surface area contributed by atoms with Crippen LogP contribution in [0, 0.1) is 11.8 Å². The molecule has 0 radical (unpaired) electrons. The summed E-state index contributed by atoms with van der Waals surface area (Å²) >= 11 is 0. The molecule has 0 amide bonds. The Morgan fingerprint density at radius 2 is 2.08 bits per heavy atom. The van der Waals surface area contributed by atoms with E-state index in [1.807, 2.05) is 6.92 Å². The second-order valence-electron chi connectivity index (χ2n) is 4.65. The number of carboxylic acids is 1. The molecule has 2 unspecified atom stereocenters. The number of piperidine rings is 1. The van der Waals surface area contributed by atoms with Crippen LogP contribution in [-0.4, -0.2) is 23.2 Å². The molecule has 0 spiro atoms. The van der Waals surface area contributed by atoms with Crippen LogP contribution in [0.15, 0.2) is 0 Å². The van der Waals surface area contributed by atoms with E-state index in [0.29, 0.717) is 5.92 Å². The fourth-order valence-corrected chi connectivity index (χ4v) is 2.36. The van der Waals surface area contributed by atoms with Crippen LogP contribution in [0.1, 0.15) is 32.6 Å². The first-order valence-electron chi connectivity index (χ1n) is 5.10. The minimum Gasteiger partial charge on any atom is -0.480 e. The Hall–Kier alpha value is -0.570. The highest BCUT2D eigenvalue weighted by Gasteiger charge is 2.43. The average Bonchev–Trinajstić information content (AvgIpc) is 2.86. The number of hydrogen-bond acceptors (Lipinski definition) is 2. The molecular weight excluding hydrogens is 166 g/mol. The van der Waals surface area contributed by atoms with Gasteiger partial charge >= 0.3 is 5.97 Å². The molecule has 0 aromatic rings. The standard InChI is InChI=1S/C10H17NO2/c1-10(9(12)13)6-8(4-5-11-10)7-2-3-7/h7-8,11H,2-6H2,1H3,(H,12,13). The first-order valence-corrected chi connectivity index (χ1v) is 5.10. The van der Waals surface area contributed by atoms with Crippen LogP contribution in [0.3, 0.4) is 0 Å². The van der Waals surface area contributed by atoms with Crippen molar-refractivity contribution in [2.45, 2.75) is 38.1 Å². The summed E-state index contributed by atoms with van der Waals surface area (Å²) in [5.74, 6) is 0.793. The van der Waals surface area contributed by atoms with Crippen molar-refractivity contribution in [2.75, 3.05) is 6.54 Å². The largest absolute Gasteiger partial charge is 0.480 e. The maximum absolute atomic E-state index is 11.0. The van der Waals surface area contributed by atoms with E-state index in [9.17, 15) is 4.79 Å². The predicted octanol–water partition coefficient (Wildman–Crippen LogP) is 1.24. The van der Waals surface area contributed by atoms with Crippen molar-refractivity contribution in [3.63, 3.8) is 0 Å². The van der Waals surface area contributed by atoms with E-state index in [1.165, 1.54) is 12.8 Å². The Morgan fingerprint density at radius 3 is 2.62 bits per heavy atom. The van der Waals surface area contributed by atoms with Crippen molar-refractivity contribution in [1.82, 2.24) is 5.32 Å². The molecule has 74 valence electrons. The van der Waals surface area contributed by atoms with Gasteiger partial charge in [0, 0.05) is 0 Å². The van der Waals surface area contributed by atoms with Crippen LogP contribution < -0.4 is 5.32 Å². The molecule has 2 aliphatic rings. The summed E-state index contributed by atoms with van der Waals surface area (Å²) in [5.41, 5.74) is -0.661. The Labute approximate surface area is 78.5 Å². The average molecular weight is 183 g/mol. The lowest BCUT2D eigenvalue weighted by molar-refractivity contribution is -0.146. The SMILES string of the molecule is CC1(C(=O)O)CC(C2CC2)CCN1. The number of rotatable bonds is 2. The molecular formula is C10H17NO2. The predicted molar refractivity (Wildman–Crippen MR) is 49.5 cm³/mol. The van der Waals surface area contributed by atoms with Crippen LogP contribution >= 0.6 is 0 Å². The van der Waals surface area contributed by atoms with Crippen molar-refractivity contribution in [3.8, 4) is 0 Å². The summed E-state index contributed by atoms with van der Waals surface area (Å²) in [6.45, 7) is 2.67. The van der Waals surface area contributed by atoms with Gasteiger partial charge in [-0.25, -0.2) is 0 Å². The maximum atomic E-state index is 11.0. The number of carboxylic acid groups (broad SMARTS) is 1. The Kier molecular flexibility index (Phi) is 2.06. The van der Waals surface area contributed by atoms with Gasteiger partial charge in [0.15, 0.2) is 0 Å². The molecule has 0 bridgehead atoms. The van der Waals surface area contributed by atoms with Gasteiger partial charge in [-0.15, -0.1) is 0 Å². The molecule has 3 heteroatoms. The molecule has 1 heterocycles. The quantitative estimate of drug-likeness (QED) is 0.677. The topological polar surface area (TPSA) is 49.3 Å². The monoisotopic (exact) mass is 183 g/mol. The number of carbonyl (C=O) groups is 1. The summed E-state index contributed by atoms with van der Waals surface area (Å²) in [4.78, 5) is 11.0. The molecule has 1 aliphatic heterocycles. The fraction of sp³-hybridized carbons (Fsp3) is 0.900. The van der Waals surface area contributed by atoms with Crippen molar-refractivity contribution in [1.29, 1.82) is 0 Å². The van der Waals surface area contributed by atoms with Gasteiger partial charge in [-0.3, -0.25) is 4.79 Å². The van der Waals surface area contributed by atoms with Gasteiger partial charge < -0.3 is 10.4 Å². The third-order valence-electron chi connectivity index (χ3n) is 3.46. The molecule has 2 rings (SSSR count). The van der Waals surface area contributed by atoms with E-state index >= 15 is 0 Å². The highest BCUT2D eigenvalue weighted by atomic mass is 16.4. The lowest BCUT2D eigenvalue weighted by Crippen LogP contribution is -2.54. The Bertz CT molecular complexity index is 225. The molecule has 2 fully saturated rings. The van der Waals surface area contributed by atoms with Gasteiger partial charge in [0.05, 0.1) is 0 Å². The van der Waals surface area contributed by atoms with Gasteiger partial charge in [-0.05, 0) is 51.0 Å². The Morgan fingerprint density at radius 1 is 1.38 bits per heavy atom. The zero-order chi connectivity index (χ0) is 9.47. The third kappa shape index (κ3) is 1.70. The van der Waals surface area contributed by atoms with Gasteiger partial charge in [0.1, 0.15) is 5.54 Å². The second-order valence-corrected chi connectivity index (χ2v) is 4.65. The van der Waals surface area contributed by atoms with E-state index in [4.69, 9.17) is 5.11 Å². The minimum atomic E-state index is -0.696. The van der Waals surface area contributed by atoms with Crippen molar-refractivity contribution in [3.05, 3.63) is 0 Å². The van der Waals surface area contributed by atoms with Gasteiger partial charge in [-0.1, -0.05) is 0 Å². The van der Waals surface area contributed by atoms with Crippen LogP contribution in [0.4, 0.5) is 0 Å². The van der Waals surface area contributed by atoms with E-state index in [1.54, 1.807) is 0 Å². The van der Waals surface area contributed by atoms with E-state index in [-0.39, 0.29) is 0 Å². The van der Waals surface area contributed by atoms with Crippen molar-refractivity contribution < 1.29 is 9.90 Å². The lowest BCUT2D eigenvalue weighted by Gasteiger charge is -2.36. The van der Waals surface area contributed by atoms with Crippen molar-refractivity contribution >= 4 is 5.97 Å². The number of aliphatic carboxylic acids is 1. The fourth-order valence-electron chi connectivity index (χ4n) is 2.36. The summed E-state index contributed by atoms with van der Waals surface area (Å²) in [5, 5.41) is 12.2. The van der Waals surface area contributed by atoms with Gasteiger partial charge in [-0.2, -0.15) is 0 Å². The van der Waals surface area contributed by atoms with E-state index < -0.39 is 11.5 Å². The molecule has 1 aliphatic carbocycles. The molecule has 1 saturated carbocycles. The molecule has 3 nitrogen and oxygen atoms in total. The molecule has 0 aromatic carbocycles. The molecule has 2 N–H and O–H groups in total. The summed E-state index contributed by atoms with van der Waals surface area (Å²) in [6.07, 6.45) is 4.61. The summed E-state index contributed by atoms with van der Waals surface area (Å²) in [6, 6.07) is 0. The van der Waals surface area contributed by atoms with E-state index in [0.717, 1.165) is 25.3 Å². The van der Waals surface area contributed by atoms with Crippen LogP contribution in [0.25, 0.3) is 0 Å². The number of nitrogens with one attached hydrogen (secondary N) is 1. The highest BCUT2D eigenvalue weighted by molar-refractivity contribution is 5.78. The maximum Gasteiger partial charge on any atom is 0.323 e. The normalized spacial score (nSPS) is 40.2. The van der Waals surface area contributed by atoms with Crippen LogP contribution in [-0.2, 0) is 4.79 Å². The lowest BCUT2D eigenvalue weighted by atomic mass is 9.81. The van der Waals surface area contributed by atoms with Crippen molar-refractivity contribution in [2.24, 2.45) is 11.8 Å². The first-order chi connectivity index (χ1) is 6.12. The second kappa shape index (κ2) is 2.98. The van der Waals surface area contributed by atoms with Crippen LogP contribution in [0.5, 0.6) is 0 Å². The molecule has 13 heavy (non-hydrogen) atoms. The van der Waals surface area contributed by atoms with E-state index in [2.05, 4.69) is 5.32 Å². The molecule has 0 aromatic heterocycles. The Balaban J connectivity index is 2.01. The zero-order valence-electron chi connectivity index (χ0n) is 8.05. The zero-order valence-corrected chi connectivity index (χ0v) is 8.05. The molecule has 1 saturated heterocycles. The smallest absolute Gasteiger partial charge is 0.323 e. The summed E-state index contributed by atoms with van der Waals surface area (Å²) in [7, 11) is 0. The van der Waals surface area contributed by atoms with Gasteiger partial charge in [0.2, 0.25) is 0 Å². The third-order valence-corrected chi connectivity index (χ3v) is 3.46. The first kappa shape index (κ1) is 9.00. The number of hydrogen-bond donors (Lipinski definition) is 2. The summed E-state index contributed by atoms with van der Waals surface area (Å²) < 4.78 is 0. The van der Waals surface area contributed by atoms with Crippen LogP contribution in [0.2, 0.25) is 0 Å². The minimum absolute atomic E-state index is 0.655. The molecule has 2 atom stereocenters. The van der Waals surface area contributed by atoms with Gasteiger partial charge in [0.25, 0.3) is 0 Å².